The fourth-order valence-corrected chi connectivity index (χ4v) is 3.01. The smallest absolute Gasteiger partial charge is 0.309 e. The summed E-state index contributed by atoms with van der Waals surface area (Å²) in [5.41, 5.74) is 1.15. The summed E-state index contributed by atoms with van der Waals surface area (Å²) in [6.45, 7) is 7.23. The lowest BCUT2D eigenvalue weighted by atomic mass is 9.97. The van der Waals surface area contributed by atoms with Crippen LogP contribution in [0.1, 0.15) is 32.3 Å². The van der Waals surface area contributed by atoms with Crippen molar-refractivity contribution in [2.24, 2.45) is 10.9 Å². The zero-order valence-electron chi connectivity index (χ0n) is 15.9. The Hall–Kier alpha value is -1.51. The van der Waals surface area contributed by atoms with Gasteiger partial charge >= 0.3 is 5.97 Å². The standard InChI is InChI=1S/C19H29N3O3.HI/c1-4-24-17-8-6-7-15(13-17)14-21-19(20-3)22-11-9-16(10-12-22)18(23)25-5-2;/h6-8,13,16H,4-5,9-12,14H2,1-3H3,(H,20,21);1H. The number of hydrogen-bond acceptors (Lipinski definition) is 4. The van der Waals surface area contributed by atoms with E-state index in [2.05, 4.69) is 21.3 Å². The summed E-state index contributed by atoms with van der Waals surface area (Å²) in [4.78, 5) is 18.4. The highest BCUT2D eigenvalue weighted by molar-refractivity contribution is 14.0. The number of piperidine rings is 1. The number of aliphatic imine (C=N–C) groups is 1. The van der Waals surface area contributed by atoms with Crippen LogP contribution in [0.4, 0.5) is 0 Å². The van der Waals surface area contributed by atoms with Gasteiger partial charge < -0.3 is 19.7 Å². The molecule has 0 radical (unpaired) electrons. The molecule has 0 amide bonds. The van der Waals surface area contributed by atoms with Gasteiger partial charge in [-0.15, -0.1) is 24.0 Å². The molecule has 1 fully saturated rings. The molecule has 0 saturated carbocycles. The Labute approximate surface area is 173 Å². The zero-order chi connectivity index (χ0) is 18.1. The molecule has 6 nitrogen and oxygen atoms in total. The molecule has 1 aliphatic rings. The molecular weight excluding hydrogens is 445 g/mol. The second kappa shape index (κ2) is 12.0. The third-order valence-electron chi connectivity index (χ3n) is 4.29. The maximum atomic E-state index is 11.8. The largest absolute Gasteiger partial charge is 0.494 e. The van der Waals surface area contributed by atoms with Crippen molar-refractivity contribution in [2.45, 2.75) is 33.2 Å². The Kier molecular flexibility index (Phi) is 10.4. The van der Waals surface area contributed by atoms with Gasteiger partial charge in [0, 0.05) is 26.7 Å². The van der Waals surface area contributed by atoms with Crippen LogP contribution in [0.15, 0.2) is 29.3 Å². The van der Waals surface area contributed by atoms with Crippen LogP contribution in [0.2, 0.25) is 0 Å². The van der Waals surface area contributed by atoms with E-state index in [1.54, 1.807) is 7.05 Å². The number of carbonyl (C=O) groups excluding carboxylic acids is 1. The molecular formula is C19H30IN3O3. The van der Waals surface area contributed by atoms with Gasteiger partial charge in [-0.3, -0.25) is 9.79 Å². The van der Waals surface area contributed by atoms with E-state index >= 15 is 0 Å². The van der Waals surface area contributed by atoms with E-state index in [0.717, 1.165) is 43.2 Å². The van der Waals surface area contributed by atoms with E-state index < -0.39 is 0 Å². The highest BCUT2D eigenvalue weighted by Gasteiger charge is 2.27. The molecule has 0 aromatic heterocycles. The first-order valence-electron chi connectivity index (χ1n) is 9.01. The molecule has 26 heavy (non-hydrogen) atoms. The first-order valence-corrected chi connectivity index (χ1v) is 9.01. The van der Waals surface area contributed by atoms with Crippen molar-refractivity contribution in [3.05, 3.63) is 29.8 Å². The van der Waals surface area contributed by atoms with E-state index in [9.17, 15) is 4.79 Å². The second-order valence-electron chi connectivity index (χ2n) is 5.99. The molecule has 1 N–H and O–H groups in total. The summed E-state index contributed by atoms with van der Waals surface area (Å²) in [5.74, 6) is 1.69. The molecule has 7 heteroatoms. The zero-order valence-corrected chi connectivity index (χ0v) is 18.2. The molecule has 0 bridgehead atoms. The summed E-state index contributed by atoms with van der Waals surface area (Å²) in [5, 5.41) is 3.40. The number of ether oxygens (including phenoxy) is 2. The minimum atomic E-state index is -0.0714. The Morgan fingerprint density at radius 2 is 2.00 bits per heavy atom. The van der Waals surface area contributed by atoms with Crippen molar-refractivity contribution in [3.63, 3.8) is 0 Å². The summed E-state index contributed by atoms with van der Waals surface area (Å²) in [6.07, 6.45) is 1.61. The number of benzene rings is 1. The fraction of sp³-hybridized carbons (Fsp3) is 0.579. The van der Waals surface area contributed by atoms with Crippen LogP contribution in [0.3, 0.4) is 0 Å². The summed E-state index contributed by atoms with van der Waals surface area (Å²) >= 11 is 0. The van der Waals surface area contributed by atoms with Crippen LogP contribution in [0.25, 0.3) is 0 Å². The lowest BCUT2D eigenvalue weighted by Crippen LogP contribution is -2.46. The average molecular weight is 475 g/mol. The van der Waals surface area contributed by atoms with Crippen LogP contribution in [0.5, 0.6) is 5.75 Å². The molecule has 0 unspecified atom stereocenters. The second-order valence-corrected chi connectivity index (χ2v) is 5.99. The van der Waals surface area contributed by atoms with Crippen molar-refractivity contribution in [2.75, 3.05) is 33.4 Å². The number of hydrogen-bond donors (Lipinski definition) is 1. The molecule has 0 aliphatic carbocycles. The average Bonchev–Trinajstić information content (AvgIpc) is 2.63. The van der Waals surface area contributed by atoms with E-state index in [1.165, 1.54) is 0 Å². The molecule has 0 atom stereocenters. The molecule has 1 aliphatic heterocycles. The van der Waals surface area contributed by atoms with Crippen LogP contribution < -0.4 is 10.1 Å². The monoisotopic (exact) mass is 475 g/mol. The molecule has 0 spiro atoms. The highest BCUT2D eigenvalue weighted by atomic mass is 127. The third-order valence-corrected chi connectivity index (χ3v) is 4.29. The van der Waals surface area contributed by atoms with Gasteiger partial charge in [0.1, 0.15) is 5.75 Å². The predicted octanol–water partition coefficient (Wildman–Crippen LogP) is 3.05. The Balaban J connectivity index is 0.00000338. The van der Waals surface area contributed by atoms with Gasteiger partial charge in [-0.25, -0.2) is 0 Å². The Bertz CT molecular complexity index is 587. The number of guanidine groups is 1. The normalized spacial score (nSPS) is 15.2. The van der Waals surface area contributed by atoms with Crippen molar-refractivity contribution in [1.29, 1.82) is 0 Å². The van der Waals surface area contributed by atoms with Gasteiger partial charge in [0.15, 0.2) is 5.96 Å². The summed E-state index contributed by atoms with van der Waals surface area (Å²) in [7, 11) is 1.79. The first kappa shape index (κ1) is 22.5. The minimum Gasteiger partial charge on any atom is -0.494 e. The number of rotatable bonds is 6. The maximum Gasteiger partial charge on any atom is 0.309 e. The van der Waals surface area contributed by atoms with E-state index in [0.29, 0.717) is 19.8 Å². The van der Waals surface area contributed by atoms with Gasteiger partial charge in [-0.05, 0) is 44.4 Å². The van der Waals surface area contributed by atoms with Gasteiger partial charge in [0.05, 0.1) is 19.1 Å². The number of halogens is 1. The van der Waals surface area contributed by atoms with E-state index in [1.807, 2.05) is 32.0 Å². The molecule has 2 rings (SSSR count). The molecule has 146 valence electrons. The molecule has 1 saturated heterocycles. The van der Waals surface area contributed by atoms with Crippen molar-refractivity contribution < 1.29 is 14.3 Å². The number of nitrogens with one attached hydrogen (secondary N) is 1. The van der Waals surface area contributed by atoms with Crippen LogP contribution in [-0.4, -0.2) is 50.2 Å². The Morgan fingerprint density at radius 1 is 1.27 bits per heavy atom. The van der Waals surface area contributed by atoms with Crippen LogP contribution in [-0.2, 0) is 16.1 Å². The SMILES string of the molecule is CCOC(=O)C1CCN(C(=NC)NCc2cccc(OCC)c2)CC1.I. The van der Waals surface area contributed by atoms with Crippen molar-refractivity contribution in [1.82, 2.24) is 10.2 Å². The quantitative estimate of drug-likeness (QED) is 0.297. The first-order chi connectivity index (χ1) is 12.2. The number of esters is 1. The highest BCUT2D eigenvalue weighted by Crippen LogP contribution is 2.19. The lowest BCUT2D eigenvalue weighted by Gasteiger charge is -2.33. The van der Waals surface area contributed by atoms with Crippen LogP contribution >= 0.6 is 24.0 Å². The Morgan fingerprint density at radius 3 is 2.62 bits per heavy atom. The van der Waals surface area contributed by atoms with Crippen LogP contribution in [0, 0.1) is 5.92 Å². The molecule has 1 aromatic carbocycles. The van der Waals surface area contributed by atoms with Crippen molar-refractivity contribution in [3.8, 4) is 5.75 Å². The summed E-state index contributed by atoms with van der Waals surface area (Å²) in [6, 6.07) is 8.06. The number of nitrogens with zero attached hydrogens (tertiary/aromatic N) is 2. The topological polar surface area (TPSA) is 63.2 Å². The maximum absolute atomic E-state index is 11.8. The number of likely N-dealkylation sites (tertiary alicyclic amines) is 1. The molecule has 1 heterocycles. The molecule has 1 aromatic rings. The van der Waals surface area contributed by atoms with Gasteiger partial charge in [0.25, 0.3) is 0 Å². The van der Waals surface area contributed by atoms with Gasteiger partial charge in [0.2, 0.25) is 0 Å². The predicted molar refractivity (Wildman–Crippen MR) is 114 cm³/mol. The number of carbonyl (C=O) groups is 1. The summed E-state index contributed by atoms with van der Waals surface area (Å²) < 4.78 is 10.7. The van der Waals surface area contributed by atoms with E-state index in [4.69, 9.17) is 9.47 Å². The minimum absolute atomic E-state index is 0. The fourth-order valence-electron chi connectivity index (χ4n) is 3.01. The van der Waals surface area contributed by atoms with Gasteiger partial charge in [-0.2, -0.15) is 0 Å². The van der Waals surface area contributed by atoms with Gasteiger partial charge in [-0.1, -0.05) is 12.1 Å². The van der Waals surface area contributed by atoms with E-state index in [-0.39, 0.29) is 35.9 Å². The third kappa shape index (κ3) is 6.66. The van der Waals surface area contributed by atoms with Crippen molar-refractivity contribution >= 4 is 35.9 Å². The lowest BCUT2D eigenvalue weighted by molar-refractivity contribution is -0.149.